The summed E-state index contributed by atoms with van der Waals surface area (Å²) < 4.78 is 6.78. The lowest BCUT2D eigenvalue weighted by Crippen LogP contribution is -2.23. The third kappa shape index (κ3) is 2.26. The van der Waals surface area contributed by atoms with Crippen LogP contribution in [0.4, 0.5) is 5.95 Å². The van der Waals surface area contributed by atoms with Gasteiger partial charge in [-0.05, 0) is 32.9 Å². The second kappa shape index (κ2) is 5.63. The second-order valence-electron chi connectivity index (χ2n) is 5.02. The topological polar surface area (TPSA) is 73.0 Å². The first-order chi connectivity index (χ1) is 10.7. The summed E-state index contributed by atoms with van der Waals surface area (Å²) in [5.41, 5.74) is 2.79. The maximum absolute atomic E-state index is 12.7. The molecule has 0 saturated heterocycles. The van der Waals surface area contributed by atoms with Crippen LogP contribution in [-0.4, -0.2) is 21.1 Å². The van der Waals surface area contributed by atoms with E-state index in [1.54, 1.807) is 23.2 Å². The highest BCUT2D eigenvalue weighted by Gasteiger charge is 2.15. The lowest BCUT2D eigenvalue weighted by molar-refractivity contribution is 0.568. The Morgan fingerprint density at radius 3 is 2.77 bits per heavy atom. The number of hydrogen-bond acceptors (Lipinski definition) is 5. The Hall–Kier alpha value is -2.63. The summed E-state index contributed by atoms with van der Waals surface area (Å²) in [4.78, 5) is 21.7. The maximum Gasteiger partial charge on any atom is 0.260 e. The van der Waals surface area contributed by atoms with Crippen LogP contribution in [0.3, 0.4) is 0 Å². The summed E-state index contributed by atoms with van der Waals surface area (Å²) in [6.45, 7) is 7.12. The van der Waals surface area contributed by atoms with Crippen LogP contribution in [0.15, 0.2) is 33.9 Å². The first-order valence-corrected chi connectivity index (χ1v) is 7.34. The molecule has 3 aromatic heterocycles. The minimum atomic E-state index is -0.0723. The molecule has 0 aliphatic carbocycles. The van der Waals surface area contributed by atoms with Crippen LogP contribution in [0.5, 0.6) is 0 Å². The summed E-state index contributed by atoms with van der Waals surface area (Å²) in [6, 6.07) is 3.63. The number of nitrogens with one attached hydrogen (secondary N) is 1. The number of nitrogens with zero attached hydrogens (tertiary/aromatic N) is 3. The number of fused-ring (bicyclic) bond motifs is 1. The van der Waals surface area contributed by atoms with Gasteiger partial charge in [0.25, 0.3) is 5.56 Å². The third-order valence-corrected chi connectivity index (χ3v) is 3.62. The smallest absolute Gasteiger partial charge is 0.260 e. The molecule has 0 bridgehead atoms. The van der Waals surface area contributed by atoms with E-state index in [1.807, 2.05) is 26.8 Å². The minimum absolute atomic E-state index is 0.0723. The molecule has 0 aliphatic rings. The van der Waals surface area contributed by atoms with Crippen molar-refractivity contribution in [1.82, 2.24) is 14.5 Å². The van der Waals surface area contributed by atoms with Crippen LogP contribution >= 0.6 is 0 Å². The molecule has 3 rings (SSSR count). The van der Waals surface area contributed by atoms with Gasteiger partial charge in [-0.2, -0.15) is 4.98 Å². The van der Waals surface area contributed by atoms with Crippen molar-refractivity contribution in [3.63, 3.8) is 0 Å². The summed E-state index contributed by atoms with van der Waals surface area (Å²) in [5, 5.41) is 3.98. The van der Waals surface area contributed by atoms with E-state index in [2.05, 4.69) is 15.3 Å². The summed E-state index contributed by atoms with van der Waals surface area (Å²) in [7, 11) is 0. The summed E-state index contributed by atoms with van der Waals surface area (Å²) in [6.07, 6.45) is 3.14. The Morgan fingerprint density at radius 1 is 1.32 bits per heavy atom. The fourth-order valence-corrected chi connectivity index (χ4v) is 2.54. The van der Waals surface area contributed by atoms with Gasteiger partial charge in [-0.1, -0.05) is 0 Å². The second-order valence-corrected chi connectivity index (χ2v) is 5.02. The molecule has 0 amide bonds. The molecule has 3 aromatic rings. The number of pyridine rings is 1. The van der Waals surface area contributed by atoms with E-state index < -0.39 is 0 Å². The molecule has 0 aliphatic heterocycles. The molecule has 0 unspecified atom stereocenters. The van der Waals surface area contributed by atoms with Crippen LogP contribution in [0, 0.1) is 6.92 Å². The van der Waals surface area contributed by atoms with E-state index in [0.29, 0.717) is 23.7 Å². The van der Waals surface area contributed by atoms with Gasteiger partial charge >= 0.3 is 0 Å². The molecule has 22 heavy (non-hydrogen) atoms. The van der Waals surface area contributed by atoms with Crippen molar-refractivity contribution < 1.29 is 4.42 Å². The monoisotopic (exact) mass is 298 g/mol. The van der Waals surface area contributed by atoms with Crippen molar-refractivity contribution in [2.45, 2.75) is 27.3 Å². The number of anilines is 1. The molecule has 0 fully saturated rings. The van der Waals surface area contributed by atoms with Gasteiger partial charge in [0.2, 0.25) is 5.95 Å². The number of aromatic nitrogens is 3. The maximum atomic E-state index is 12.7. The van der Waals surface area contributed by atoms with Gasteiger partial charge in [-0.25, -0.2) is 4.98 Å². The van der Waals surface area contributed by atoms with Gasteiger partial charge in [-0.15, -0.1) is 0 Å². The number of furan rings is 1. The zero-order chi connectivity index (χ0) is 15.7. The van der Waals surface area contributed by atoms with Gasteiger partial charge in [0, 0.05) is 24.0 Å². The Morgan fingerprint density at radius 2 is 2.14 bits per heavy atom. The van der Waals surface area contributed by atoms with Crippen molar-refractivity contribution >= 4 is 17.0 Å². The Bertz CT molecular complexity index is 866. The Balaban J connectivity index is 2.36. The fraction of sp³-hybridized carbons (Fsp3) is 0.312. The van der Waals surface area contributed by atoms with Crippen LogP contribution in [0.25, 0.3) is 22.2 Å². The van der Waals surface area contributed by atoms with Crippen molar-refractivity contribution in [2.24, 2.45) is 0 Å². The van der Waals surface area contributed by atoms with Crippen LogP contribution < -0.4 is 10.9 Å². The van der Waals surface area contributed by atoms with E-state index in [1.165, 1.54) is 0 Å². The molecule has 3 heterocycles. The molecule has 0 saturated carbocycles. The van der Waals surface area contributed by atoms with E-state index in [0.717, 1.165) is 23.2 Å². The highest BCUT2D eigenvalue weighted by molar-refractivity contribution is 5.83. The quantitative estimate of drug-likeness (QED) is 0.801. The molecule has 1 N–H and O–H groups in total. The molecule has 114 valence electrons. The minimum Gasteiger partial charge on any atom is -0.472 e. The highest BCUT2D eigenvalue weighted by atomic mass is 16.3. The molecular formula is C16H18N4O2. The highest BCUT2D eigenvalue weighted by Crippen LogP contribution is 2.23. The average molecular weight is 298 g/mol. The van der Waals surface area contributed by atoms with Gasteiger partial charge < -0.3 is 9.73 Å². The average Bonchev–Trinajstić information content (AvgIpc) is 3.01. The number of rotatable bonds is 4. The SMILES string of the molecule is CCNc1nc(C)c2cc(-c3ccoc3)c(=O)n(CC)c2n1. The Kier molecular flexibility index (Phi) is 3.66. The van der Waals surface area contributed by atoms with Crippen molar-refractivity contribution in [1.29, 1.82) is 0 Å². The molecule has 0 spiro atoms. The number of hydrogen-bond donors (Lipinski definition) is 1. The summed E-state index contributed by atoms with van der Waals surface area (Å²) >= 11 is 0. The molecular weight excluding hydrogens is 280 g/mol. The third-order valence-electron chi connectivity index (χ3n) is 3.62. The Labute approximate surface area is 127 Å². The van der Waals surface area contributed by atoms with Crippen LogP contribution in [0.2, 0.25) is 0 Å². The molecule has 0 aromatic carbocycles. The fourth-order valence-electron chi connectivity index (χ4n) is 2.54. The zero-order valence-electron chi connectivity index (χ0n) is 12.9. The van der Waals surface area contributed by atoms with Crippen LogP contribution in [-0.2, 0) is 6.54 Å². The normalized spacial score (nSPS) is 11.0. The standard InChI is InChI=1S/C16H18N4O2/c1-4-17-16-18-10(3)12-8-13(11-6-7-22-9-11)15(21)20(5-2)14(12)19-16/h6-9H,4-5H2,1-3H3,(H,17,18,19). The van der Waals surface area contributed by atoms with Crippen molar-refractivity contribution in [3.05, 3.63) is 40.7 Å². The van der Waals surface area contributed by atoms with E-state index in [4.69, 9.17) is 4.42 Å². The van der Waals surface area contributed by atoms with Gasteiger partial charge in [-0.3, -0.25) is 9.36 Å². The van der Waals surface area contributed by atoms with Gasteiger partial charge in [0.15, 0.2) is 0 Å². The van der Waals surface area contributed by atoms with Crippen molar-refractivity contribution in [3.8, 4) is 11.1 Å². The first kappa shape index (κ1) is 14.3. The van der Waals surface area contributed by atoms with Gasteiger partial charge in [0.05, 0.1) is 23.8 Å². The molecule has 0 atom stereocenters. The van der Waals surface area contributed by atoms with E-state index in [9.17, 15) is 4.79 Å². The first-order valence-electron chi connectivity index (χ1n) is 7.34. The molecule has 6 nitrogen and oxygen atoms in total. The van der Waals surface area contributed by atoms with Gasteiger partial charge in [0.1, 0.15) is 5.65 Å². The molecule has 6 heteroatoms. The zero-order valence-corrected chi connectivity index (χ0v) is 12.9. The molecule has 0 radical (unpaired) electrons. The largest absolute Gasteiger partial charge is 0.472 e. The van der Waals surface area contributed by atoms with E-state index in [-0.39, 0.29) is 5.56 Å². The lowest BCUT2D eigenvalue weighted by Gasteiger charge is -2.12. The number of aryl methyl sites for hydroxylation is 2. The lowest BCUT2D eigenvalue weighted by atomic mass is 10.1. The predicted octanol–water partition coefficient (Wildman–Crippen LogP) is 2.81. The van der Waals surface area contributed by atoms with Crippen molar-refractivity contribution in [2.75, 3.05) is 11.9 Å². The van der Waals surface area contributed by atoms with Crippen LogP contribution in [0.1, 0.15) is 19.5 Å². The summed E-state index contributed by atoms with van der Waals surface area (Å²) in [5.74, 6) is 0.546. The van der Waals surface area contributed by atoms with E-state index >= 15 is 0 Å². The predicted molar refractivity (Wildman–Crippen MR) is 86.1 cm³/mol.